The van der Waals surface area contributed by atoms with Gasteiger partial charge in [0, 0.05) is 53.9 Å². The van der Waals surface area contributed by atoms with Gasteiger partial charge in [0.2, 0.25) is 5.71 Å². The first kappa shape index (κ1) is 46.2. The zero-order chi connectivity index (χ0) is 48.1. The van der Waals surface area contributed by atoms with Crippen LogP contribution in [-0.4, -0.2) is 27.6 Å². The predicted molar refractivity (Wildman–Crippen MR) is 291 cm³/mol. The molecule has 0 saturated carbocycles. The number of furan rings is 2. The van der Waals surface area contributed by atoms with Crippen LogP contribution < -0.4 is 5.19 Å². The molecule has 0 unspecified atom stereocenters. The zero-order valence-corrected chi connectivity index (χ0v) is 44.5. The van der Waals surface area contributed by atoms with Crippen LogP contribution in [0.25, 0.3) is 106 Å². The number of aromatic nitrogens is 4. The summed E-state index contributed by atoms with van der Waals surface area (Å²) in [4.78, 5) is 14.5. The van der Waals surface area contributed by atoms with Crippen molar-refractivity contribution in [2.45, 2.75) is 65.6 Å². The van der Waals surface area contributed by atoms with Gasteiger partial charge in [-0.25, -0.2) is 4.98 Å². The van der Waals surface area contributed by atoms with Gasteiger partial charge in [-0.1, -0.05) is 166 Å². The van der Waals surface area contributed by atoms with Crippen LogP contribution in [-0.2, 0) is 25.5 Å². The first-order valence-electron chi connectivity index (χ1n) is 24.2. The number of nitrogens with zero attached hydrogens (tertiary/aromatic N) is 4. The molecular weight excluding hydrogens is 1070 g/mol. The minimum atomic E-state index is -1.46. The summed E-state index contributed by atoms with van der Waals surface area (Å²) in [6.07, 6.45) is 2.08. The number of aryl methyl sites for hydroxylation is 1. The van der Waals surface area contributed by atoms with Gasteiger partial charge < -0.3 is 18.4 Å². The van der Waals surface area contributed by atoms with E-state index in [0.29, 0.717) is 11.6 Å². The van der Waals surface area contributed by atoms with Crippen LogP contribution in [0.5, 0.6) is 0 Å². The number of para-hydroxylation sites is 2. The summed E-state index contributed by atoms with van der Waals surface area (Å²) >= 11 is 0. The van der Waals surface area contributed by atoms with Crippen molar-refractivity contribution < 1.29 is 28.9 Å². The number of benzene rings is 7. The van der Waals surface area contributed by atoms with Gasteiger partial charge in [-0.3, -0.25) is 4.98 Å². The normalized spacial score (nSPS) is 12.9. The summed E-state index contributed by atoms with van der Waals surface area (Å²) in [6.45, 7) is 18.2. The van der Waals surface area contributed by atoms with E-state index < -0.39 is 8.07 Å². The molecule has 1 radical (unpaired) electrons. The van der Waals surface area contributed by atoms with Crippen molar-refractivity contribution >= 4 is 68.3 Å². The smallest absolute Gasteiger partial charge is 0.216 e. The van der Waals surface area contributed by atoms with Crippen molar-refractivity contribution in [1.29, 1.82) is 0 Å². The zero-order valence-electron chi connectivity index (χ0n) is 41.1. The average Bonchev–Trinajstić information content (AvgIpc) is 4.11. The number of fused-ring (bicyclic) bond motifs is 10. The largest absolute Gasteiger partial charge is 0.501 e. The molecule has 0 fully saturated rings. The molecule has 1 aliphatic rings. The fourth-order valence-corrected chi connectivity index (χ4v) is 12.3. The summed E-state index contributed by atoms with van der Waals surface area (Å²) in [7, 11) is -1.46. The molecule has 5 aromatic heterocycles. The Morgan fingerprint density at radius 2 is 1.31 bits per heavy atom. The first-order chi connectivity index (χ1) is 33.8. The molecule has 0 saturated heterocycles. The van der Waals surface area contributed by atoms with Gasteiger partial charge in [-0.15, -0.1) is 36.4 Å². The Balaban J connectivity index is 0.000000169. The van der Waals surface area contributed by atoms with Crippen LogP contribution in [0, 0.1) is 19.1 Å². The summed E-state index contributed by atoms with van der Waals surface area (Å²) < 4.78 is 15.1. The molecular formula is C63H52IrN4O2Si-2. The molecule has 351 valence electrons. The fraction of sp³-hybridized carbons (Fsp3) is 0.159. The molecule has 0 bridgehead atoms. The van der Waals surface area contributed by atoms with Crippen molar-refractivity contribution in [2.75, 3.05) is 0 Å². The van der Waals surface area contributed by atoms with Crippen LogP contribution in [0.1, 0.15) is 56.0 Å². The summed E-state index contributed by atoms with van der Waals surface area (Å²) in [6, 6.07) is 62.1. The van der Waals surface area contributed by atoms with Crippen molar-refractivity contribution in [3.05, 3.63) is 198 Å². The second kappa shape index (κ2) is 17.6. The van der Waals surface area contributed by atoms with Crippen LogP contribution in [0.3, 0.4) is 0 Å². The standard InChI is InChI=1S/C40H27N2O.C23H25N2OSi.Ir/c1-40(2)33-16-7-6-13-28(33)29-22-20-27(24-34(29)40)42-36-18-9-8-17-35(36)41-39(42)32-15-10-14-31-30-21-19-26(23-37(30)43-38(31)32)25-11-4-3-5-12-25;1-14(2)19-12-20(24-13-21(19)27(4,5)6)18-9-7-8-16-17-11-10-15(3)25-23(17)26-22(16)18;/h3-14,16-24H,1-2H3;7-8,10-14H,1-6H3;/q2*-1;. The topological polar surface area (TPSA) is 69.9 Å². The van der Waals surface area contributed by atoms with Gasteiger partial charge in [0.05, 0.1) is 36.1 Å². The molecule has 0 N–H and O–H groups in total. The van der Waals surface area contributed by atoms with Crippen molar-refractivity contribution in [3.8, 4) is 50.6 Å². The molecule has 0 spiro atoms. The number of hydrogen-bond donors (Lipinski definition) is 0. The maximum atomic E-state index is 6.65. The van der Waals surface area contributed by atoms with E-state index in [4.69, 9.17) is 18.8 Å². The Hall–Kier alpha value is -7.22. The third-order valence-electron chi connectivity index (χ3n) is 14.2. The van der Waals surface area contributed by atoms with Gasteiger partial charge in [0.15, 0.2) is 0 Å². The Morgan fingerprint density at radius 3 is 2.10 bits per heavy atom. The Kier molecular flexibility index (Phi) is 11.4. The second-order valence-corrected chi connectivity index (χ2v) is 25.5. The van der Waals surface area contributed by atoms with Crippen LogP contribution >= 0.6 is 0 Å². The molecule has 13 rings (SSSR count). The summed E-state index contributed by atoms with van der Waals surface area (Å²) in [5.74, 6) is 1.27. The third-order valence-corrected chi connectivity index (χ3v) is 16.2. The number of rotatable bonds is 6. The van der Waals surface area contributed by atoms with E-state index in [1.807, 2.05) is 43.3 Å². The third kappa shape index (κ3) is 7.77. The molecule has 71 heavy (non-hydrogen) atoms. The molecule has 0 atom stereocenters. The molecule has 6 nitrogen and oxygen atoms in total. The fourth-order valence-electron chi connectivity index (χ4n) is 10.6. The van der Waals surface area contributed by atoms with E-state index in [0.717, 1.165) is 88.9 Å². The minimum Gasteiger partial charge on any atom is -0.501 e. The van der Waals surface area contributed by atoms with Crippen LogP contribution in [0.15, 0.2) is 173 Å². The Morgan fingerprint density at radius 1 is 0.620 bits per heavy atom. The van der Waals surface area contributed by atoms with Crippen molar-refractivity contribution in [2.24, 2.45) is 0 Å². The Bertz CT molecular complexity index is 4020. The monoisotopic (exact) mass is 1120 g/mol. The summed E-state index contributed by atoms with van der Waals surface area (Å²) in [5.41, 5.74) is 18.8. The van der Waals surface area contributed by atoms with Crippen molar-refractivity contribution in [3.63, 3.8) is 0 Å². The molecule has 0 amide bonds. The van der Waals surface area contributed by atoms with Crippen LogP contribution in [0.4, 0.5) is 0 Å². The second-order valence-electron chi connectivity index (χ2n) is 20.5. The first-order valence-corrected chi connectivity index (χ1v) is 27.7. The van der Waals surface area contributed by atoms with E-state index in [-0.39, 0.29) is 25.5 Å². The maximum Gasteiger partial charge on any atom is 0.216 e. The van der Waals surface area contributed by atoms with E-state index in [9.17, 15) is 0 Å². The van der Waals surface area contributed by atoms with Crippen LogP contribution in [0.2, 0.25) is 19.6 Å². The molecule has 5 heterocycles. The molecule has 1 aliphatic carbocycles. The number of pyridine rings is 2. The number of hydrogen-bond acceptors (Lipinski definition) is 5. The maximum absolute atomic E-state index is 6.65. The molecule has 0 aliphatic heterocycles. The Labute approximate surface area is 428 Å². The molecule has 12 aromatic rings. The quantitative estimate of drug-likeness (QED) is 0.123. The minimum absolute atomic E-state index is 0. The van der Waals surface area contributed by atoms with Gasteiger partial charge in [-0.2, -0.15) is 0 Å². The predicted octanol–water partition coefficient (Wildman–Crippen LogP) is 16.2. The van der Waals surface area contributed by atoms with Gasteiger partial charge >= 0.3 is 0 Å². The number of imidazole rings is 1. The van der Waals surface area contributed by atoms with E-state index >= 15 is 0 Å². The van der Waals surface area contributed by atoms with Gasteiger partial charge in [-0.05, 0) is 99.6 Å². The summed E-state index contributed by atoms with van der Waals surface area (Å²) in [5, 5.41) is 5.68. The van der Waals surface area contributed by atoms with E-state index in [1.165, 1.54) is 38.6 Å². The molecule has 8 heteroatoms. The molecule has 7 aromatic carbocycles. The van der Waals surface area contributed by atoms with Gasteiger partial charge in [0.25, 0.3) is 0 Å². The van der Waals surface area contributed by atoms with E-state index in [1.54, 1.807) is 0 Å². The van der Waals surface area contributed by atoms with Crippen molar-refractivity contribution in [1.82, 2.24) is 19.5 Å². The van der Waals surface area contributed by atoms with E-state index in [2.05, 4.69) is 197 Å². The SMILES string of the molecule is CC1(C)c2ccccc2-c2ccc(-n3c(-c4[c-]ccc5c4oc4cc(-c6ccccc6)ccc45)nc4ccccc43)cc21.Cc1ccc2c(n1)oc1c(-c3cc(C(C)C)c([Si](C)(C)C)cn3)[c-]ccc12.[Ir]. The van der Waals surface area contributed by atoms with Gasteiger partial charge in [0.1, 0.15) is 5.58 Å². The average molecular weight is 1120 g/mol.